The fourth-order valence-electron chi connectivity index (χ4n) is 4.79. The SMILES string of the molecule is CCCc1ccc(C[C@]2(C)CCc3cc(C(=O)N(CCOc4ccc(Cl)cc4)CC(=O)O)ccc3O2)cc1. The van der Waals surface area contributed by atoms with E-state index in [0.717, 1.165) is 43.4 Å². The smallest absolute Gasteiger partial charge is 0.323 e. The summed E-state index contributed by atoms with van der Waals surface area (Å²) in [5, 5.41) is 9.97. The quantitative estimate of drug-likeness (QED) is 0.315. The van der Waals surface area contributed by atoms with Crippen molar-refractivity contribution in [2.24, 2.45) is 0 Å². The molecule has 6 nitrogen and oxygen atoms in total. The van der Waals surface area contributed by atoms with Crippen LogP contribution in [0.2, 0.25) is 5.02 Å². The summed E-state index contributed by atoms with van der Waals surface area (Å²) in [4.78, 5) is 26.0. The summed E-state index contributed by atoms with van der Waals surface area (Å²) in [6, 6.07) is 21.0. The van der Waals surface area contributed by atoms with Crippen molar-refractivity contribution in [3.05, 3.63) is 94.0 Å². The maximum absolute atomic E-state index is 13.2. The van der Waals surface area contributed by atoms with Crippen molar-refractivity contribution in [3.8, 4) is 11.5 Å². The molecule has 1 N–H and O–H groups in total. The minimum absolute atomic E-state index is 0.135. The summed E-state index contributed by atoms with van der Waals surface area (Å²) in [5.74, 6) is -0.0585. The molecule has 7 heteroatoms. The number of aryl methyl sites for hydroxylation is 2. The second kappa shape index (κ2) is 12.4. The number of hydrogen-bond acceptors (Lipinski definition) is 4. The summed E-state index contributed by atoms with van der Waals surface area (Å²) in [7, 11) is 0. The van der Waals surface area contributed by atoms with Gasteiger partial charge in [0.05, 0.1) is 6.54 Å². The van der Waals surface area contributed by atoms with Crippen molar-refractivity contribution in [2.75, 3.05) is 19.7 Å². The normalized spacial score (nSPS) is 16.3. The third-order valence-electron chi connectivity index (χ3n) is 6.78. The molecule has 1 heterocycles. The number of carbonyl (C=O) groups excluding carboxylic acids is 1. The molecule has 0 aromatic heterocycles. The predicted molar refractivity (Wildman–Crippen MR) is 148 cm³/mol. The zero-order valence-corrected chi connectivity index (χ0v) is 22.7. The van der Waals surface area contributed by atoms with Gasteiger partial charge >= 0.3 is 5.97 Å². The molecule has 0 unspecified atom stereocenters. The number of fused-ring (bicyclic) bond motifs is 1. The van der Waals surface area contributed by atoms with Crippen LogP contribution in [0.3, 0.4) is 0 Å². The van der Waals surface area contributed by atoms with Gasteiger partial charge in [0.25, 0.3) is 5.91 Å². The molecule has 38 heavy (non-hydrogen) atoms. The summed E-state index contributed by atoms with van der Waals surface area (Å²) in [6.07, 6.45) is 4.62. The second-order valence-corrected chi connectivity index (χ2v) is 10.5. The Bertz CT molecular complexity index is 1260. The highest BCUT2D eigenvalue weighted by atomic mass is 35.5. The third kappa shape index (κ3) is 7.29. The molecule has 4 rings (SSSR count). The molecule has 0 bridgehead atoms. The Kier molecular flexibility index (Phi) is 8.95. The van der Waals surface area contributed by atoms with Crippen LogP contribution in [0.25, 0.3) is 0 Å². The van der Waals surface area contributed by atoms with Crippen LogP contribution < -0.4 is 9.47 Å². The zero-order valence-electron chi connectivity index (χ0n) is 21.9. The van der Waals surface area contributed by atoms with Crippen LogP contribution in [-0.4, -0.2) is 47.2 Å². The number of amides is 1. The molecule has 0 aliphatic carbocycles. The van der Waals surface area contributed by atoms with Crippen molar-refractivity contribution in [3.63, 3.8) is 0 Å². The van der Waals surface area contributed by atoms with Gasteiger partial charge in [0.2, 0.25) is 0 Å². The van der Waals surface area contributed by atoms with Crippen LogP contribution >= 0.6 is 11.6 Å². The van der Waals surface area contributed by atoms with E-state index in [0.29, 0.717) is 16.3 Å². The summed E-state index contributed by atoms with van der Waals surface area (Å²) < 4.78 is 12.1. The Labute approximate surface area is 229 Å². The van der Waals surface area contributed by atoms with Gasteiger partial charge in [-0.25, -0.2) is 0 Å². The maximum Gasteiger partial charge on any atom is 0.323 e. The number of carboxylic acids is 1. The fraction of sp³-hybridized carbons (Fsp3) is 0.355. The van der Waals surface area contributed by atoms with Crippen LogP contribution in [0.1, 0.15) is 53.7 Å². The van der Waals surface area contributed by atoms with Gasteiger partial charge in [0.15, 0.2) is 0 Å². The highest BCUT2D eigenvalue weighted by Crippen LogP contribution is 2.36. The highest BCUT2D eigenvalue weighted by molar-refractivity contribution is 6.30. The molecule has 0 saturated heterocycles. The van der Waals surface area contributed by atoms with Gasteiger partial charge in [-0.1, -0.05) is 49.2 Å². The highest BCUT2D eigenvalue weighted by Gasteiger charge is 2.32. The minimum Gasteiger partial charge on any atom is -0.492 e. The molecule has 1 atom stereocenters. The lowest BCUT2D eigenvalue weighted by atomic mass is 9.86. The van der Waals surface area contributed by atoms with E-state index in [1.54, 1.807) is 30.3 Å². The number of halogens is 1. The van der Waals surface area contributed by atoms with E-state index >= 15 is 0 Å². The number of hydrogen-bond donors (Lipinski definition) is 1. The Morgan fingerprint density at radius 3 is 2.45 bits per heavy atom. The number of aliphatic carboxylic acids is 1. The number of carbonyl (C=O) groups is 2. The van der Waals surface area contributed by atoms with E-state index < -0.39 is 12.5 Å². The molecule has 0 spiro atoms. The zero-order chi connectivity index (χ0) is 27.1. The van der Waals surface area contributed by atoms with Crippen LogP contribution in [0.5, 0.6) is 11.5 Å². The van der Waals surface area contributed by atoms with Crippen molar-refractivity contribution < 1.29 is 24.2 Å². The summed E-state index contributed by atoms with van der Waals surface area (Å²) in [6.45, 7) is 4.20. The van der Waals surface area contributed by atoms with Crippen molar-refractivity contribution in [1.29, 1.82) is 0 Å². The van der Waals surface area contributed by atoms with Gasteiger partial charge in [0, 0.05) is 17.0 Å². The summed E-state index contributed by atoms with van der Waals surface area (Å²) in [5.41, 5.74) is 3.66. The lowest BCUT2D eigenvalue weighted by Gasteiger charge is -2.36. The van der Waals surface area contributed by atoms with Gasteiger partial charge in [-0.2, -0.15) is 0 Å². The van der Waals surface area contributed by atoms with Gasteiger partial charge in [-0.3, -0.25) is 9.59 Å². The number of benzene rings is 3. The Morgan fingerprint density at radius 1 is 1.05 bits per heavy atom. The Balaban J connectivity index is 1.40. The first-order valence-electron chi connectivity index (χ1n) is 13.0. The molecule has 0 saturated carbocycles. The number of carboxylic acid groups (broad SMARTS) is 1. The first-order chi connectivity index (χ1) is 18.2. The van der Waals surface area contributed by atoms with Crippen molar-refractivity contribution >= 4 is 23.5 Å². The molecular formula is C31H34ClNO5. The molecule has 3 aromatic rings. The maximum atomic E-state index is 13.2. The van der Waals surface area contributed by atoms with E-state index in [2.05, 4.69) is 38.1 Å². The topological polar surface area (TPSA) is 76.1 Å². The second-order valence-electron chi connectivity index (χ2n) is 10.0. The molecule has 1 aliphatic rings. The van der Waals surface area contributed by atoms with Crippen LogP contribution in [0, 0.1) is 0 Å². The van der Waals surface area contributed by atoms with E-state index in [1.165, 1.54) is 16.0 Å². The molecule has 200 valence electrons. The van der Waals surface area contributed by atoms with Crippen LogP contribution in [-0.2, 0) is 24.1 Å². The molecular weight excluding hydrogens is 502 g/mol. The van der Waals surface area contributed by atoms with Gasteiger partial charge in [-0.15, -0.1) is 0 Å². The van der Waals surface area contributed by atoms with Gasteiger partial charge in [0.1, 0.15) is 30.3 Å². The first kappa shape index (κ1) is 27.5. The Hall–Kier alpha value is -3.51. The monoisotopic (exact) mass is 535 g/mol. The van der Waals surface area contributed by atoms with Gasteiger partial charge < -0.3 is 19.5 Å². The largest absolute Gasteiger partial charge is 0.492 e. The van der Waals surface area contributed by atoms with Crippen LogP contribution in [0.4, 0.5) is 0 Å². The predicted octanol–water partition coefficient (Wildman–Crippen LogP) is 6.22. The lowest BCUT2D eigenvalue weighted by Crippen LogP contribution is -2.39. The number of rotatable bonds is 11. The van der Waals surface area contributed by atoms with E-state index in [1.807, 2.05) is 12.1 Å². The first-order valence-corrected chi connectivity index (χ1v) is 13.4. The number of ether oxygens (including phenoxy) is 2. The average Bonchev–Trinajstić information content (AvgIpc) is 2.89. The van der Waals surface area contributed by atoms with Gasteiger partial charge in [-0.05, 0) is 85.3 Å². The molecule has 3 aromatic carbocycles. The molecule has 0 radical (unpaired) electrons. The lowest BCUT2D eigenvalue weighted by molar-refractivity contribution is -0.137. The van der Waals surface area contributed by atoms with Crippen molar-refractivity contribution in [1.82, 2.24) is 4.90 Å². The standard InChI is InChI=1S/C31H34ClNO5/c1-3-4-22-5-7-23(8-6-22)20-31(2)16-15-24-19-25(9-14-28(24)38-31)30(36)33(21-29(34)35)17-18-37-27-12-10-26(32)11-13-27/h5-14,19H,3-4,15-18,20-21H2,1-2H3,(H,34,35)/t31-/m0/s1. The third-order valence-corrected chi connectivity index (χ3v) is 7.04. The van der Waals surface area contributed by atoms with E-state index in [-0.39, 0.29) is 24.7 Å². The average molecular weight is 536 g/mol. The van der Waals surface area contributed by atoms with E-state index in [9.17, 15) is 14.7 Å². The molecule has 1 amide bonds. The van der Waals surface area contributed by atoms with Crippen LogP contribution in [0.15, 0.2) is 66.7 Å². The minimum atomic E-state index is -1.08. The number of nitrogens with zero attached hydrogens (tertiary/aromatic N) is 1. The summed E-state index contributed by atoms with van der Waals surface area (Å²) >= 11 is 5.90. The fourth-order valence-corrected chi connectivity index (χ4v) is 4.92. The Morgan fingerprint density at radius 2 is 1.76 bits per heavy atom. The van der Waals surface area contributed by atoms with E-state index in [4.69, 9.17) is 21.1 Å². The molecule has 0 fully saturated rings. The molecule has 1 aliphatic heterocycles. The van der Waals surface area contributed by atoms with Crippen molar-refractivity contribution in [2.45, 2.75) is 51.6 Å².